The number of hydrogen-bond acceptors (Lipinski definition) is 7. The van der Waals surface area contributed by atoms with Gasteiger partial charge in [0.15, 0.2) is 11.5 Å². The Bertz CT molecular complexity index is 1380. The molecule has 3 aromatic rings. The number of fused-ring (bicyclic) bond motifs is 1. The van der Waals surface area contributed by atoms with Crippen LogP contribution in [0.4, 0.5) is 11.6 Å². The van der Waals surface area contributed by atoms with Crippen LogP contribution in [-0.4, -0.2) is 40.1 Å². The molecule has 1 aromatic heterocycles. The van der Waals surface area contributed by atoms with Gasteiger partial charge in [-0.15, -0.1) is 5.10 Å². The average Bonchev–Trinajstić information content (AvgIpc) is 3.32. The zero-order chi connectivity index (χ0) is 28.8. The van der Waals surface area contributed by atoms with E-state index in [9.17, 15) is 4.79 Å². The van der Waals surface area contributed by atoms with E-state index in [0.717, 1.165) is 53.1 Å². The molecule has 0 aliphatic carbocycles. The van der Waals surface area contributed by atoms with Crippen LogP contribution in [0.3, 0.4) is 0 Å². The SMILES string of the molecule is CCCCSc1nc2n(n1)C(c1ccc(OCCC(C)C)c(OC)c1)C(C(=O)Nc1cccc(C)c1C)=C(C)N2. The summed E-state index contributed by atoms with van der Waals surface area (Å²) < 4.78 is 13.6. The van der Waals surface area contributed by atoms with Gasteiger partial charge in [0.25, 0.3) is 5.91 Å². The molecule has 0 fully saturated rings. The van der Waals surface area contributed by atoms with Crippen LogP contribution in [0.2, 0.25) is 0 Å². The Morgan fingerprint density at radius 2 is 1.98 bits per heavy atom. The zero-order valence-electron chi connectivity index (χ0n) is 24.6. The Hall–Kier alpha value is -3.46. The molecule has 1 aliphatic heterocycles. The molecule has 0 bridgehead atoms. The fourth-order valence-corrected chi connectivity index (χ4v) is 5.47. The fourth-order valence-electron chi connectivity index (χ4n) is 4.56. The van der Waals surface area contributed by atoms with Crippen molar-refractivity contribution in [1.29, 1.82) is 0 Å². The highest BCUT2D eigenvalue weighted by Gasteiger charge is 2.35. The number of ether oxygens (including phenoxy) is 2. The highest BCUT2D eigenvalue weighted by Crippen LogP contribution is 2.40. The number of carbonyl (C=O) groups is 1. The molecule has 4 rings (SSSR count). The van der Waals surface area contributed by atoms with Gasteiger partial charge in [0, 0.05) is 17.1 Å². The normalized spacial score (nSPS) is 14.7. The number of anilines is 2. The average molecular weight is 564 g/mol. The first-order valence-electron chi connectivity index (χ1n) is 14.0. The van der Waals surface area contributed by atoms with Gasteiger partial charge in [0.2, 0.25) is 11.1 Å². The third-order valence-corrected chi connectivity index (χ3v) is 8.04. The third-order valence-electron chi connectivity index (χ3n) is 7.12. The first-order valence-corrected chi connectivity index (χ1v) is 15.0. The van der Waals surface area contributed by atoms with Gasteiger partial charge in [-0.3, -0.25) is 4.79 Å². The topological polar surface area (TPSA) is 90.3 Å². The minimum Gasteiger partial charge on any atom is -0.493 e. The van der Waals surface area contributed by atoms with Gasteiger partial charge in [0.1, 0.15) is 6.04 Å². The number of carbonyl (C=O) groups excluding carboxylic acids is 1. The molecule has 0 spiro atoms. The van der Waals surface area contributed by atoms with Crippen LogP contribution in [0.15, 0.2) is 52.8 Å². The van der Waals surface area contributed by atoms with Crippen LogP contribution in [0.5, 0.6) is 11.5 Å². The van der Waals surface area contributed by atoms with E-state index < -0.39 is 6.04 Å². The molecule has 0 radical (unpaired) electrons. The van der Waals surface area contributed by atoms with Gasteiger partial charge in [-0.2, -0.15) is 4.98 Å². The Labute approximate surface area is 241 Å². The lowest BCUT2D eigenvalue weighted by Gasteiger charge is -2.29. The van der Waals surface area contributed by atoms with Crippen molar-refractivity contribution in [3.8, 4) is 11.5 Å². The molecule has 2 aromatic carbocycles. The maximum Gasteiger partial charge on any atom is 0.255 e. The minimum atomic E-state index is -0.506. The minimum absolute atomic E-state index is 0.193. The fraction of sp³-hybridized carbons (Fsp3) is 0.452. The molecule has 2 N–H and O–H groups in total. The summed E-state index contributed by atoms with van der Waals surface area (Å²) in [6.07, 6.45) is 3.14. The molecule has 1 amide bonds. The second-order valence-corrected chi connectivity index (χ2v) is 11.6. The maximum absolute atomic E-state index is 13.9. The monoisotopic (exact) mass is 563 g/mol. The van der Waals surface area contributed by atoms with Gasteiger partial charge in [-0.1, -0.05) is 57.2 Å². The lowest BCUT2D eigenvalue weighted by atomic mass is 9.94. The number of aromatic nitrogens is 3. The molecule has 1 unspecified atom stereocenters. The summed E-state index contributed by atoms with van der Waals surface area (Å²) in [5.41, 5.74) is 5.10. The summed E-state index contributed by atoms with van der Waals surface area (Å²) >= 11 is 1.63. The predicted octanol–water partition coefficient (Wildman–Crippen LogP) is 7.15. The first-order chi connectivity index (χ1) is 19.2. The number of aryl methyl sites for hydroxylation is 1. The summed E-state index contributed by atoms with van der Waals surface area (Å²) in [4.78, 5) is 18.7. The summed E-state index contributed by atoms with van der Waals surface area (Å²) in [5.74, 6) is 3.19. The van der Waals surface area contributed by atoms with Crippen molar-refractivity contribution in [3.05, 3.63) is 64.4 Å². The van der Waals surface area contributed by atoms with E-state index in [1.807, 2.05) is 61.9 Å². The molecule has 9 heteroatoms. The van der Waals surface area contributed by atoms with Crippen molar-refractivity contribution in [2.75, 3.05) is 30.1 Å². The third kappa shape index (κ3) is 6.63. The number of benzene rings is 2. The van der Waals surface area contributed by atoms with Gasteiger partial charge in [-0.25, -0.2) is 4.68 Å². The summed E-state index contributed by atoms with van der Waals surface area (Å²) in [6.45, 7) is 13.1. The quantitative estimate of drug-likeness (QED) is 0.179. The summed E-state index contributed by atoms with van der Waals surface area (Å²) in [5, 5.41) is 12.0. The molecule has 0 saturated carbocycles. The second-order valence-electron chi connectivity index (χ2n) is 10.6. The second kappa shape index (κ2) is 13.3. The number of amides is 1. The number of allylic oxidation sites excluding steroid dienone is 1. The number of nitrogens with one attached hydrogen (secondary N) is 2. The molecule has 1 aliphatic rings. The highest BCUT2D eigenvalue weighted by molar-refractivity contribution is 7.99. The summed E-state index contributed by atoms with van der Waals surface area (Å²) in [7, 11) is 1.63. The lowest BCUT2D eigenvalue weighted by Crippen LogP contribution is -2.31. The van der Waals surface area contributed by atoms with Crippen molar-refractivity contribution in [2.45, 2.75) is 72.0 Å². The summed E-state index contributed by atoms with van der Waals surface area (Å²) in [6, 6.07) is 11.3. The molecule has 0 saturated heterocycles. The van der Waals surface area contributed by atoms with Crippen molar-refractivity contribution in [2.24, 2.45) is 5.92 Å². The van der Waals surface area contributed by atoms with E-state index in [0.29, 0.717) is 40.7 Å². The number of unbranched alkanes of at least 4 members (excludes halogenated alkanes) is 1. The van der Waals surface area contributed by atoms with Crippen molar-refractivity contribution < 1.29 is 14.3 Å². The van der Waals surface area contributed by atoms with E-state index >= 15 is 0 Å². The van der Waals surface area contributed by atoms with Crippen LogP contribution in [-0.2, 0) is 4.79 Å². The molecular weight excluding hydrogens is 522 g/mol. The van der Waals surface area contributed by atoms with Crippen LogP contribution in [0, 0.1) is 19.8 Å². The van der Waals surface area contributed by atoms with Gasteiger partial charge >= 0.3 is 0 Å². The Balaban J connectivity index is 1.74. The largest absolute Gasteiger partial charge is 0.493 e. The van der Waals surface area contributed by atoms with Crippen LogP contribution < -0.4 is 20.1 Å². The highest BCUT2D eigenvalue weighted by atomic mass is 32.2. The molecular formula is C31H41N5O3S. The Morgan fingerprint density at radius 3 is 2.70 bits per heavy atom. The van der Waals surface area contributed by atoms with Crippen molar-refractivity contribution >= 4 is 29.3 Å². The Kier molecular flexibility index (Phi) is 9.79. The molecule has 2 heterocycles. The van der Waals surface area contributed by atoms with E-state index in [1.54, 1.807) is 18.9 Å². The number of hydrogen-bond donors (Lipinski definition) is 2. The van der Waals surface area contributed by atoms with E-state index in [-0.39, 0.29) is 5.91 Å². The first kappa shape index (κ1) is 29.5. The van der Waals surface area contributed by atoms with Crippen LogP contribution in [0.1, 0.15) is 69.7 Å². The van der Waals surface area contributed by atoms with Gasteiger partial charge < -0.3 is 20.1 Å². The number of nitrogens with zero attached hydrogens (tertiary/aromatic N) is 3. The van der Waals surface area contributed by atoms with E-state index in [1.165, 1.54) is 0 Å². The Morgan fingerprint density at radius 1 is 1.18 bits per heavy atom. The predicted molar refractivity (Wildman–Crippen MR) is 163 cm³/mol. The van der Waals surface area contributed by atoms with E-state index in [4.69, 9.17) is 19.6 Å². The molecule has 8 nitrogen and oxygen atoms in total. The van der Waals surface area contributed by atoms with E-state index in [2.05, 4.69) is 31.4 Å². The number of methoxy groups -OCH3 is 1. The molecule has 1 atom stereocenters. The van der Waals surface area contributed by atoms with Crippen LogP contribution in [0.25, 0.3) is 0 Å². The number of rotatable bonds is 12. The smallest absolute Gasteiger partial charge is 0.255 e. The lowest BCUT2D eigenvalue weighted by molar-refractivity contribution is -0.113. The van der Waals surface area contributed by atoms with Gasteiger partial charge in [0.05, 0.1) is 19.3 Å². The van der Waals surface area contributed by atoms with Crippen molar-refractivity contribution in [3.63, 3.8) is 0 Å². The van der Waals surface area contributed by atoms with Gasteiger partial charge in [-0.05, 0) is 74.4 Å². The maximum atomic E-state index is 13.9. The molecule has 40 heavy (non-hydrogen) atoms. The molecule has 214 valence electrons. The number of thioether (sulfide) groups is 1. The van der Waals surface area contributed by atoms with Crippen LogP contribution >= 0.6 is 11.8 Å². The zero-order valence-corrected chi connectivity index (χ0v) is 25.4. The standard InChI is InChI=1S/C31H41N5O3S/c1-8-9-17-40-31-34-30-32-22(6)27(29(37)33-24-12-10-11-20(4)21(24)5)28(36(30)35-31)23-13-14-25(26(18-23)38-7)39-16-15-19(2)3/h10-14,18-19,28H,8-9,15-17H2,1-7H3,(H,33,37)(H,32,34,35). The van der Waals surface area contributed by atoms with Crippen molar-refractivity contribution in [1.82, 2.24) is 14.8 Å².